The molecular weight excluding hydrogens is 460 g/mol. The number of rotatable bonds is 8. The van der Waals surface area contributed by atoms with E-state index in [1.165, 1.54) is 6.26 Å². The molecule has 2 aromatic heterocycles. The van der Waals surface area contributed by atoms with Crippen molar-refractivity contribution in [2.75, 3.05) is 31.7 Å². The summed E-state index contributed by atoms with van der Waals surface area (Å²) in [6, 6.07) is 9.10. The van der Waals surface area contributed by atoms with Gasteiger partial charge in [0.25, 0.3) is 5.89 Å². The van der Waals surface area contributed by atoms with Gasteiger partial charge in [0, 0.05) is 25.6 Å². The van der Waals surface area contributed by atoms with Crippen LogP contribution in [-0.4, -0.2) is 37.7 Å². The third kappa shape index (κ3) is 4.97. The summed E-state index contributed by atoms with van der Waals surface area (Å²) in [6.07, 6.45) is 2.77. The number of carbonyl (C=O) groups excluding carboxylic acids is 1. The Labute approximate surface area is 202 Å². The second kappa shape index (κ2) is 10.5. The summed E-state index contributed by atoms with van der Waals surface area (Å²) in [5.74, 6) is 1.98. The van der Waals surface area contributed by atoms with Crippen LogP contribution in [-0.2, 0) is 11.3 Å². The largest absolute Gasteiger partial charge is 0.493 e. The van der Waals surface area contributed by atoms with Crippen LogP contribution >= 0.6 is 11.6 Å². The Hall–Kier alpha value is -3.64. The summed E-state index contributed by atoms with van der Waals surface area (Å²) in [6.45, 7) is 3.81. The third-order valence-electron chi connectivity index (χ3n) is 5.64. The number of halogens is 1. The van der Waals surface area contributed by atoms with E-state index in [1.807, 2.05) is 17.9 Å². The van der Waals surface area contributed by atoms with E-state index in [4.69, 9.17) is 29.9 Å². The number of nitriles is 1. The van der Waals surface area contributed by atoms with Crippen LogP contribution in [0.1, 0.15) is 31.0 Å². The highest BCUT2D eigenvalue weighted by Crippen LogP contribution is 2.36. The van der Waals surface area contributed by atoms with Gasteiger partial charge in [-0.05, 0) is 49.6 Å². The maximum absolute atomic E-state index is 12.8. The van der Waals surface area contributed by atoms with Gasteiger partial charge in [-0.25, -0.2) is 0 Å². The Morgan fingerprint density at radius 1 is 1.38 bits per heavy atom. The van der Waals surface area contributed by atoms with Crippen molar-refractivity contribution in [3.05, 3.63) is 46.8 Å². The van der Waals surface area contributed by atoms with Gasteiger partial charge in [-0.2, -0.15) is 10.2 Å². The summed E-state index contributed by atoms with van der Waals surface area (Å²) < 4.78 is 22.0. The van der Waals surface area contributed by atoms with Crippen LogP contribution in [0, 0.1) is 17.2 Å². The zero-order chi connectivity index (χ0) is 24.1. The quantitative estimate of drug-likeness (QED) is 0.500. The second-order valence-corrected chi connectivity index (χ2v) is 8.19. The van der Waals surface area contributed by atoms with Crippen LogP contribution < -0.4 is 19.7 Å². The first-order valence-electron chi connectivity index (χ1n) is 11.0. The number of amides is 1. The number of piperidine rings is 1. The molecule has 34 heavy (non-hydrogen) atoms. The molecule has 0 bridgehead atoms. The molecule has 1 aliphatic rings. The monoisotopic (exact) mass is 484 g/mol. The van der Waals surface area contributed by atoms with Gasteiger partial charge in [0.2, 0.25) is 17.5 Å². The standard InChI is InChI=1S/C24H25ClN4O5/c1-3-32-21-17(25)11-15(12-20(21)31-2)14-27-22(30)16-6-8-29(9-7-16)24-18(13-26)28-23(34-24)19-5-4-10-33-19/h4-5,10-12,16H,3,6-9,14H2,1-2H3,(H,27,30). The van der Waals surface area contributed by atoms with Crippen molar-refractivity contribution in [1.29, 1.82) is 5.26 Å². The van der Waals surface area contributed by atoms with E-state index in [0.717, 1.165) is 5.56 Å². The predicted molar refractivity (Wildman–Crippen MR) is 125 cm³/mol. The molecule has 0 atom stereocenters. The average Bonchev–Trinajstić information content (AvgIpc) is 3.54. The minimum absolute atomic E-state index is 0.0297. The molecule has 178 valence electrons. The van der Waals surface area contributed by atoms with Crippen LogP contribution in [0.25, 0.3) is 11.7 Å². The van der Waals surface area contributed by atoms with Gasteiger partial charge in [0.1, 0.15) is 6.07 Å². The van der Waals surface area contributed by atoms with Crippen LogP contribution in [0.15, 0.2) is 39.4 Å². The second-order valence-electron chi connectivity index (χ2n) is 7.78. The molecule has 3 aromatic rings. The Morgan fingerprint density at radius 3 is 2.82 bits per heavy atom. The SMILES string of the molecule is CCOc1c(Cl)cc(CNC(=O)C2CCN(c3oc(-c4ccco4)nc3C#N)CC2)cc1OC. The van der Waals surface area contributed by atoms with Crippen molar-refractivity contribution in [3.63, 3.8) is 0 Å². The number of hydrogen-bond acceptors (Lipinski definition) is 8. The van der Waals surface area contributed by atoms with Crippen LogP contribution in [0.2, 0.25) is 5.02 Å². The lowest BCUT2D eigenvalue weighted by Gasteiger charge is -2.31. The van der Waals surface area contributed by atoms with Gasteiger partial charge in [0.15, 0.2) is 17.3 Å². The van der Waals surface area contributed by atoms with Crippen molar-refractivity contribution in [3.8, 4) is 29.2 Å². The lowest BCUT2D eigenvalue weighted by Crippen LogP contribution is -2.40. The number of carbonyl (C=O) groups is 1. The van der Waals surface area contributed by atoms with Crippen LogP contribution in [0.5, 0.6) is 11.5 Å². The molecule has 0 radical (unpaired) electrons. The van der Waals surface area contributed by atoms with Gasteiger partial charge in [0.05, 0.1) is 25.0 Å². The summed E-state index contributed by atoms with van der Waals surface area (Å²) in [5, 5.41) is 12.9. The summed E-state index contributed by atoms with van der Waals surface area (Å²) in [5.41, 5.74) is 1.03. The maximum Gasteiger partial charge on any atom is 0.266 e. The Bertz CT molecular complexity index is 1180. The summed E-state index contributed by atoms with van der Waals surface area (Å²) in [7, 11) is 1.55. The van der Waals surface area contributed by atoms with Gasteiger partial charge in [-0.3, -0.25) is 4.79 Å². The minimum Gasteiger partial charge on any atom is -0.493 e. The first-order chi connectivity index (χ1) is 16.5. The Kier molecular flexibility index (Phi) is 7.28. The Morgan fingerprint density at radius 2 is 2.18 bits per heavy atom. The fraction of sp³-hybridized carbons (Fsp3) is 0.375. The number of methoxy groups -OCH3 is 1. The zero-order valence-electron chi connectivity index (χ0n) is 19.0. The van der Waals surface area contributed by atoms with E-state index in [-0.39, 0.29) is 23.4 Å². The topological polar surface area (TPSA) is 114 Å². The number of benzene rings is 1. The number of nitrogens with zero attached hydrogens (tertiary/aromatic N) is 3. The van der Waals surface area contributed by atoms with Gasteiger partial charge in [-0.15, -0.1) is 0 Å². The molecule has 0 unspecified atom stereocenters. The fourth-order valence-electron chi connectivity index (χ4n) is 3.94. The fourth-order valence-corrected chi connectivity index (χ4v) is 4.23. The number of hydrogen-bond donors (Lipinski definition) is 1. The van der Waals surface area contributed by atoms with Gasteiger partial charge in [-0.1, -0.05) is 11.6 Å². The number of anilines is 1. The summed E-state index contributed by atoms with van der Waals surface area (Å²) in [4.78, 5) is 19.0. The smallest absolute Gasteiger partial charge is 0.266 e. The molecule has 1 saturated heterocycles. The highest BCUT2D eigenvalue weighted by atomic mass is 35.5. The molecule has 0 aliphatic carbocycles. The lowest BCUT2D eigenvalue weighted by atomic mass is 9.96. The number of aromatic nitrogens is 1. The molecule has 1 aromatic carbocycles. The number of nitrogens with one attached hydrogen (secondary N) is 1. The van der Waals surface area contributed by atoms with E-state index in [1.54, 1.807) is 25.3 Å². The highest BCUT2D eigenvalue weighted by Gasteiger charge is 2.29. The number of furan rings is 1. The van der Waals surface area contributed by atoms with E-state index in [0.29, 0.717) is 67.2 Å². The Balaban J connectivity index is 1.35. The molecule has 9 nitrogen and oxygen atoms in total. The van der Waals surface area contributed by atoms with Crippen molar-refractivity contribution in [2.24, 2.45) is 5.92 Å². The van der Waals surface area contributed by atoms with Crippen molar-refractivity contribution < 1.29 is 23.1 Å². The molecule has 0 saturated carbocycles. The molecule has 1 amide bonds. The first kappa shape index (κ1) is 23.5. The van der Waals surface area contributed by atoms with Crippen LogP contribution in [0.4, 0.5) is 5.88 Å². The molecule has 4 rings (SSSR count). The molecular formula is C24H25ClN4O5. The van der Waals surface area contributed by atoms with Gasteiger partial charge < -0.3 is 28.5 Å². The highest BCUT2D eigenvalue weighted by molar-refractivity contribution is 6.32. The average molecular weight is 485 g/mol. The lowest BCUT2D eigenvalue weighted by molar-refractivity contribution is -0.125. The normalized spacial score (nSPS) is 14.0. The number of oxazole rings is 1. The van der Waals surface area contributed by atoms with E-state index in [2.05, 4.69) is 16.4 Å². The molecule has 3 heterocycles. The first-order valence-corrected chi connectivity index (χ1v) is 11.4. The van der Waals surface area contributed by atoms with E-state index < -0.39 is 0 Å². The van der Waals surface area contributed by atoms with Gasteiger partial charge >= 0.3 is 0 Å². The molecule has 1 N–H and O–H groups in total. The van der Waals surface area contributed by atoms with Crippen LogP contribution in [0.3, 0.4) is 0 Å². The van der Waals surface area contributed by atoms with Crippen molar-refractivity contribution in [2.45, 2.75) is 26.3 Å². The van der Waals surface area contributed by atoms with Crippen molar-refractivity contribution >= 4 is 23.4 Å². The molecule has 1 fully saturated rings. The minimum atomic E-state index is -0.144. The predicted octanol–water partition coefficient (Wildman–Crippen LogP) is 4.40. The molecule has 1 aliphatic heterocycles. The number of ether oxygens (including phenoxy) is 2. The maximum atomic E-state index is 12.8. The zero-order valence-corrected chi connectivity index (χ0v) is 19.7. The van der Waals surface area contributed by atoms with E-state index >= 15 is 0 Å². The molecule has 0 spiro atoms. The molecule has 10 heteroatoms. The third-order valence-corrected chi connectivity index (χ3v) is 5.93. The summed E-state index contributed by atoms with van der Waals surface area (Å²) >= 11 is 6.32. The van der Waals surface area contributed by atoms with Crippen molar-refractivity contribution in [1.82, 2.24) is 10.3 Å². The van der Waals surface area contributed by atoms with E-state index in [9.17, 15) is 10.1 Å².